The Bertz CT molecular complexity index is 722. The van der Waals surface area contributed by atoms with Crippen molar-refractivity contribution >= 4 is 21.7 Å². The van der Waals surface area contributed by atoms with Crippen molar-refractivity contribution in [1.82, 2.24) is 10.2 Å². The number of hydrogen-bond donors (Lipinski definition) is 1. The van der Waals surface area contributed by atoms with Crippen LogP contribution in [0.2, 0.25) is 0 Å². The van der Waals surface area contributed by atoms with Gasteiger partial charge in [0.15, 0.2) is 21.5 Å². The predicted octanol–water partition coefficient (Wildman–Crippen LogP) is 0.340. The molecule has 1 aliphatic heterocycles. The Morgan fingerprint density at radius 1 is 1.22 bits per heavy atom. The van der Waals surface area contributed by atoms with Crippen molar-refractivity contribution < 1.29 is 26.8 Å². The number of nitrogens with zero attached hydrogens (tertiary/aromatic N) is 1. The normalized spacial score (nSPS) is 18.3. The third kappa shape index (κ3) is 4.04. The van der Waals surface area contributed by atoms with Gasteiger partial charge in [0, 0.05) is 13.1 Å². The zero-order valence-electron chi connectivity index (χ0n) is 12.4. The number of nitrogens with one attached hydrogen (secondary N) is 1. The highest BCUT2D eigenvalue weighted by Crippen LogP contribution is 2.12. The summed E-state index contributed by atoms with van der Waals surface area (Å²) in [7, 11) is -3.12. The minimum absolute atomic E-state index is 0.0513. The third-order valence-electron chi connectivity index (χ3n) is 3.57. The molecule has 23 heavy (non-hydrogen) atoms. The first-order valence-electron chi connectivity index (χ1n) is 6.95. The maximum atomic E-state index is 13.5. The van der Waals surface area contributed by atoms with Crippen LogP contribution in [-0.4, -0.2) is 55.8 Å². The van der Waals surface area contributed by atoms with Crippen LogP contribution in [-0.2, 0) is 14.6 Å². The first kappa shape index (κ1) is 17.3. The Morgan fingerprint density at radius 2 is 1.83 bits per heavy atom. The summed E-state index contributed by atoms with van der Waals surface area (Å²) in [6.07, 6.45) is 0. The first-order chi connectivity index (χ1) is 10.7. The predicted molar refractivity (Wildman–Crippen MR) is 78.5 cm³/mol. The highest BCUT2D eigenvalue weighted by molar-refractivity contribution is 7.91. The number of hydrogen-bond acceptors (Lipinski definition) is 4. The van der Waals surface area contributed by atoms with E-state index in [0.717, 1.165) is 12.1 Å². The number of carbonyl (C=O) groups is 2. The minimum Gasteiger partial charge on any atom is -0.340 e. The molecule has 1 N–H and O–H groups in total. The molecule has 1 aliphatic rings. The van der Waals surface area contributed by atoms with Gasteiger partial charge >= 0.3 is 0 Å². The van der Waals surface area contributed by atoms with Gasteiger partial charge in [0.05, 0.1) is 17.1 Å². The van der Waals surface area contributed by atoms with Crippen LogP contribution in [0, 0.1) is 11.6 Å². The van der Waals surface area contributed by atoms with Gasteiger partial charge in [-0.15, -0.1) is 0 Å². The number of benzene rings is 1. The lowest BCUT2D eigenvalue weighted by Crippen LogP contribution is -2.51. The summed E-state index contributed by atoms with van der Waals surface area (Å²) in [6.45, 7) is 1.51. The minimum atomic E-state index is -3.12. The van der Waals surface area contributed by atoms with E-state index >= 15 is 0 Å². The molecule has 1 heterocycles. The fourth-order valence-electron chi connectivity index (χ4n) is 2.22. The quantitative estimate of drug-likeness (QED) is 0.855. The zero-order valence-corrected chi connectivity index (χ0v) is 13.2. The van der Waals surface area contributed by atoms with Gasteiger partial charge in [0.1, 0.15) is 6.04 Å². The lowest BCUT2D eigenvalue weighted by Gasteiger charge is -2.29. The Balaban J connectivity index is 2.01. The summed E-state index contributed by atoms with van der Waals surface area (Å²) in [5, 5.41) is 2.30. The standard InChI is InChI=1S/C14H16F2N2O4S/c1-9(14(20)18-5-7-23(21,22)8-6-18)17-13(19)10-3-2-4-11(15)12(10)16/h2-4,9H,5-8H2,1H3,(H,17,19). The molecule has 0 bridgehead atoms. The van der Waals surface area contributed by atoms with Gasteiger partial charge in [0.2, 0.25) is 5.91 Å². The molecular formula is C14H16F2N2O4S. The summed E-state index contributed by atoms with van der Waals surface area (Å²) < 4.78 is 49.3. The number of rotatable bonds is 3. The summed E-state index contributed by atoms with van der Waals surface area (Å²) in [5.74, 6) is -4.07. The summed E-state index contributed by atoms with van der Waals surface area (Å²) in [4.78, 5) is 25.4. The van der Waals surface area contributed by atoms with Gasteiger partial charge in [-0.1, -0.05) is 6.07 Å². The van der Waals surface area contributed by atoms with Gasteiger partial charge in [0.25, 0.3) is 5.91 Å². The van der Waals surface area contributed by atoms with Crippen LogP contribution >= 0.6 is 0 Å². The molecule has 0 aliphatic carbocycles. The molecular weight excluding hydrogens is 330 g/mol. The molecule has 6 nitrogen and oxygen atoms in total. The van der Waals surface area contributed by atoms with Crippen LogP contribution in [0.3, 0.4) is 0 Å². The molecule has 0 radical (unpaired) electrons. The van der Waals surface area contributed by atoms with E-state index in [4.69, 9.17) is 0 Å². The molecule has 0 spiro atoms. The van der Waals surface area contributed by atoms with Gasteiger partial charge in [-0.25, -0.2) is 17.2 Å². The average Bonchev–Trinajstić information content (AvgIpc) is 2.49. The van der Waals surface area contributed by atoms with Gasteiger partial charge in [-0.2, -0.15) is 0 Å². The third-order valence-corrected chi connectivity index (χ3v) is 5.18. The molecule has 126 valence electrons. The van der Waals surface area contributed by atoms with Gasteiger partial charge < -0.3 is 10.2 Å². The molecule has 0 saturated carbocycles. The second-order valence-corrected chi connectivity index (χ2v) is 7.58. The van der Waals surface area contributed by atoms with Crippen molar-refractivity contribution in [2.45, 2.75) is 13.0 Å². The Hall–Kier alpha value is -2.03. The first-order valence-corrected chi connectivity index (χ1v) is 8.77. The van der Waals surface area contributed by atoms with Crippen molar-refractivity contribution in [2.24, 2.45) is 0 Å². The molecule has 1 aromatic rings. The molecule has 0 aromatic heterocycles. The van der Waals surface area contributed by atoms with E-state index in [2.05, 4.69) is 5.32 Å². The Morgan fingerprint density at radius 3 is 2.43 bits per heavy atom. The van der Waals surface area contributed by atoms with E-state index in [9.17, 15) is 26.8 Å². The number of halogens is 2. The Kier molecular flexibility index (Phi) is 4.98. The fraction of sp³-hybridized carbons (Fsp3) is 0.429. The molecule has 1 saturated heterocycles. The lowest BCUT2D eigenvalue weighted by atomic mass is 10.1. The van der Waals surface area contributed by atoms with Crippen molar-refractivity contribution in [2.75, 3.05) is 24.6 Å². The van der Waals surface area contributed by atoms with E-state index in [1.165, 1.54) is 17.9 Å². The molecule has 2 rings (SSSR count). The summed E-state index contributed by atoms with van der Waals surface area (Å²) >= 11 is 0. The molecule has 1 atom stereocenters. The van der Waals surface area contributed by atoms with Gasteiger partial charge in [-0.05, 0) is 19.1 Å². The van der Waals surface area contributed by atoms with Crippen LogP contribution in [0.15, 0.2) is 18.2 Å². The summed E-state index contributed by atoms with van der Waals surface area (Å²) in [5.41, 5.74) is -0.495. The van der Waals surface area contributed by atoms with Crippen molar-refractivity contribution in [3.05, 3.63) is 35.4 Å². The molecule has 1 fully saturated rings. The number of carbonyl (C=O) groups excluding carboxylic acids is 2. The van der Waals surface area contributed by atoms with Crippen LogP contribution in [0.4, 0.5) is 8.78 Å². The van der Waals surface area contributed by atoms with E-state index in [0.29, 0.717) is 0 Å². The summed E-state index contributed by atoms with van der Waals surface area (Å²) in [6, 6.07) is 2.20. The molecule has 2 amide bonds. The van der Waals surface area contributed by atoms with Crippen molar-refractivity contribution in [1.29, 1.82) is 0 Å². The van der Waals surface area contributed by atoms with Crippen LogP contribution in [0.1, 0.15) is 17.3 Å². The maximum Gasteiger partial charge on any atom is 0.255 e. The van der Waals surface area contributed by atoms with Crippen LogP contribution < -0.4 is 5.32 Å². The molecule has 1 unspecified atom stereocenters. The highest BCUT2D eigenvalue weighted by atomic mass is 32.2. The van der Waals surface area contributed by atoms with Crippen molar-refractivity contribution in [3.8, 4) is 0 Å². The molecule has 9 heteroatoms. The van der Waals surface area contributed by atoms with E-state index in [-0.39, 0.29) is 24.6 Å². The second-order valence-electron chi connectivity index (χ2n) is 5.27. The molecule has 1 aromatic carbocycles. The van der Waals surface area contributed by atoms with E-state index in [1.807, 2.05) is 0 Å². The number of amides is 2. The van der Waals surface area contributed by atoms with Crippen LogP contribution in [0.5, 0.6) is 0 Å². The van der Waals surface area contributed by atoms with Gasteiger partial charge in [-0.3, -0.25) is 9.59 Å². The van der Waals surface area contributed by atoms with E-state index in [1.54, 1.807) is 0 Å². The lowest BCUT2D eigenvalue weighted by molar-refractivity contribution is -0.132. The second kappa shape index (κ2) is 6.61. The smallest absolute Gasteiger partial charge is 0.255 e. The SMILES string of the molecule is CC(NC(=O)c1cccc(F)c1F)C(=O)N1CCS(=O)(=O)CC1. The average molecular weight is 346 g/mol. The number of sulfone groups is 1. The van der Waals surface area contributed by atoms with Crippen LogP contribution in [0.25, 0.3) is 0 Å². The fourth-order valence-corrected chi connectivity index (χ4v) is 3.42. The van der Waals surface area contributed by atoms with E-state index < -0.39 is 44.9 Å². The highest BCUT2D eigenvalue weighted by Gasteiger charge is 2.29. The topological polar surface area (TPSA) is 83.6 Å². The van der Waals surface area contributed by atoms with Crippen molar-refractivity contribution in [3.63, 3.8) is 0 Å². The zero-order chi connectivity index (χ0) is 17.2. The largest absolute Gasteiger partial charge is 0.340 e. The monoisotopic (exact) mass is 346 g/mol. The maximum absolute atomic E-state index is 13.5. The Labute approximate surface area is 132 Å².